The van der Waals surface area contributed by atoms with Gasteiger partial charge in [0.2, 0.25) is 0 Å². The van der Waals surface area contributed by atoms with Crippen molar-refractivity contribution < 1.29 is 0 Å². The van der Waals surface area contributed by atoms with Crippen LogP contribution in [-0.2, 0) is 0 Å². The zero-order valence-corrected chi connectivity index (χ0v) is 13.6. The molecule has 0 fully saturated rings. The summed E-state index contributed by atoms with van der Waals surface area (Å²) in [6.07, 6.45) is 5.00. The van der Waals surface area contributed by atoms with Crippen molar-refractivity contribution in [2.24, 2.45) is 5.92 Å². The molecule has 0 bridgehead atoms. The predicted molar refractivity (Wildman–Crippen MR) is 83.2 cm³/mol. The Bertz CT molecular complexity index is 176. The molecule has 0 heterocycles. The van der Waals surface area contributed by atoms with Crippen molar-refractivity contribution in [1.82, 2.24) is 10.2 Å². The van der Waals surface area contributed by atoms with Crippen molar-refractivity contribution in [2.45, 2.75) is 79.3 Å². The zero-order chi connectivity index (χ0) is 14.0. The van der Waals surface area contributed by atoms with E-state index in [1.54, 1.807) is 0 Å². The largest absolute Gasteiger partial charge is 0.313 e. The molecule has 1 unspecified atom stereocenters. The van der Waals surface area contributed by atoms with Gasteiger partial charge in [-0.2, -0.15) is 0 Å². The van der Waals surface area contributed by atoms with Gasteiger partial charge in [0.05, 0.1) is 0 Å². The molecule has 18 heavy (non-hydrogen) atoms. The Balaban J connectivity index is 4.43. The van der Waals surface area contributed by atoms with Crippen molar-refractivity contribution in [3.8, 4) is 0 Å². The lowest BCUT2D eigenvalue weighted by Crippen LogP contribution is -2.46. The van der Waals surface area contributed by atoms with E-state index < -0.39 is 0 Å². The van der Waals surface area contributed by atoms with Crippen molar-refractivity contribution in [3.63, 3.8) is 0 Å². The van der Waals surface area contributed by atoms with E-state index >= 15 is 0 Å². The first-order valence-electron chi connectivity index (χ1n) is 8.06. The molecular weight excluding hydrogens is 220 g/mol. The number of hydrogen-bond acceptors (Lipinski definition) is 2. The molecular formula is C16H36N2. The van der Waals surface area contributed by atoms with Gasteiger partial charge in [-0.3, -0.25) is 4.90 Å². The predicted octanol–water partition coefficient (Wildman–Crippen LogP) is 3.91. The minimum Gasteiger partial charge on any atom is -0.313 e. The molecule has 0 saturated carbocycles. The van der Waals surface area contributed by atoms with Gasteiger partial charge in [-0.05, 0) is 38.1 Å². The monoisotopic (exact) mass is 256 g/mol. The summed E-state index contributed by atoms with van der Waals surface area (Å²) in [5, 5.41) is 3.68. The van der Waals surface area contributed by atoms with Crippen LogP contribution in [0.25, 0.3) is 0 Å². The highest BCUT2D eigenvalue weighted by atomic mass is 15.2. The molecule has 0 spiro atoms. The fraction of sp³-hybridized carbons (Fsp3) is 1.00. The van der Waals surface area contributed by atoms with Gasteiger partial charge in [-0.25, -0.2) is 0 Å². The van der Waals surface area contributed by atoms with E-state index in [2.05, 4.69) is 51.8 Å². The van der Waals surface area contributed by atoms with E-state index in [-0.39, 0.29) is 0 Å². The van der Waals surface area contributed by atoms with Gasteiger partial charge in [0.25, 0.3) is 0 Å². The Kier molecular flexibility index (Phi) is 10.8. The standard InChI is InChI=1S/C16H36N2/c1-7-11-17-15(8-2)13-18(12-14(5)6)16(9-3)10-4/h14-17H,7-13H2,1-6H3. The summed E-state index contributed by atoms with van der Waals surface area (Å²) in [6, 6.07) is 1.41. The highest BCUT2D eigenvalue weighted by Crippen LogP contribution is 2.13. The summed E-state index contributed by atoms with van der Waals surface area (Å²) in [4.78, 5) is 2.71. The Morgan fingerprint density at radius 3 is 1.89 bits per heavy atom. The molecule has 2 heteroatoms. The maximum absolute atomic E-state index is 3.68. The zero-order valence-electron chi connectivity index (χ0n) is 13.6. The molecule has 0 aromatic carbocycles. The molecule has 0 radical (unpaired) electrons. The van der Waals surface area contributed by atoms with Crippen LogP contribution in [-0.4, -0.2) is 36.6 Å². The third-order valence-electron chi connectivity index (χ3n) is 3.69. The van der Waals surface area contributed by atoms with Crippen LogP contribution < -0.4 is 5.32 Å². The molecule has 110 valence electrons. The van der Waals surface area contributed by atoms with Gasteiger partial charge in [-0.1, -0.05) is 41.5 Å². The number of nitrogens with zero attached hydrogens (tertiary/aromatic N) is 1. The summed E-state index contributed by atoms with van der Waals surface area (Å²) in [5.41, 5.74) is 0. The van der Waals surface area contributed by atoms with E-state index in [0.717, 1.165) is 18.5 Å². The van der Waals surface area contributed by atoms with Crippen LogP contribution in [0.15, 0.2) is 0 Å². The number of nitrogens with one attached hydrogen (secondary N) is 1. The van der Waals surface area contributed by atoms with Gasteiger partial charge in [0.1, 0.15) is 0 Å². The second kappa shape index (κ2) is 10.8. The minimum atomic E-state index is 0.657. The van der Waals surface area contributed by atoms with Crippen LogP contribution >= 0.6 is 0 Å². The highest BCUT2D eigenvalue weighted by molar-refractivity contribution is 4.77. The maximum Gasteiger partial charge on any atom is 0.0192 e. The van der Waals surface area contributed by atoms with Gasteiger partial charge < -0.3 is 5.32 Å². The Labute approximate surface area is 116 Å². The van der Waals surface area contributed by atoms with Gasteiger partial charge in [-0.15, -0.1) is 0 Å². The number of hydrogen-bond donors (Lipinski definition) is 1. The molecule has 0 amide bonds. The molecule has 1 atom stereocenters. The summed E-state index contributed by atoms with van der Waals surface area (Å²) < 4.78 is 0. The molecule has 0 aliphatic rings. The lowest BCUT2D eigenvalue weighted by Gasteiger charge is -2.35. The minimum absolute atomic E-state index is 0.657. The Morgan fingerprint density at radius 1 is 0.889 bits per heavy atom. The summed E-state index contributed by atoms with van der Waals surface area (Å²) in [7, 11) is 0. The molecule has 0 aliphatic carbocycles. The number of rotatable bonds is 11. The second-order valence-electron chi connectivity index (χ2n) is 5.88. The SMILES string of the molecule is CCCNC(CC)CN(CC(C)C)C(CC)CC. The van der Waals surface area contributed by atoms with Gasteiger partial charge >= 0.3 is 0 Å². The first-order valence-corrected chi connectivity index (χ1v) is 8.06. The van der Waals surface area contributed by atoms with Gasteiger partial charge in [0.15, 0.2) is 0 Å². The van der Waals surface area contributed by atoms with Crippen molar-refractivity contribution >= 4 is 0 Å². The molecule has 2 nitrogen and oxygen atoms in total. The van der Waals surface area contributed by atoms with E-state index in [1.807, 2.05) is 0 Å². The first-order chi connectivity index (χ1) is 8.58. The van der Waals surface area contributed by atoms with Crippen LogP contribution in [0.4, 0.5) is 0 Å². The van der Waals surface area contributed by atoms with Crippen LogP contribution in [0, 0.1) is 5.92 Å². The van der Waals surface area contributed by atoms with E-state index in [9.17, 15) is 0 Å². The lowest BCUT2D eigenvalue weighted by molar-refractivity contribution is 0.147. The van der Waals surface area contributed by atoms with Crippen LogP contribution in [0.1, 0.15) is 67.2 Å². The van der Waals surface area contributed by atoms with E-state index in [4.69, 9.17) is 0 Å². The third-order valence-corrected chi connectivity index (χ3v) is 3.69. The molecule has 0 aromatic heterocycles. The van der Waals surface area contributed by atoms with Crippen LogP contribution in [0.5, 0.6) is 0 Å². The van der Waals surface area contributed by atoms with E-state index in [1.165, 1.54) is 38.8 Å². The summed E-state index contributed by atoms with van der Waals surface area (Å²) in [5.74, 6) is 0.759. The molecule has 0 aliphatic heterocycles. The fourth-order valence-electron chi connectivity index (χ4n) is 2.62. The molecule has 1 N–H and O–H groups in total. The average Bonchev–Trinajstić information content (AvgIpc) is 2.34. The summed E-state index contributed by atoms with van der Waals surface area (Å²) >= 11 is 0. The lowest BCUT2D eigenvalue weighted by atomic mass is 10.1. The van der Waals surface area contributed by atoms with Crippen molar-refractivity contribution in [1.29, 1.82) is 0 Å². The van der Waals surface area contributed by atoms with Crippen molar-refractivity contribution in [2.75, 3.05) is 19.6 Å². The Morgan fingerprint density at radius 2 is 1.50 bits per heavy atom. The Hall–Kier alpha value is -0.0800. The smallest absolute Gasteiger partial charge is 0.0192 e. The summed E-state index contributed by atoms with van der Waals surface area (Å²) in [6.45, 7) is 17.4. The third kappa shape index (κ3) is 7.38. The highest BCUT2D eigenvalue weighted by Gasteiger charge is 2.19. The second-order valence-corrected chi connectivity index (χ2v) is 5.88. The molecule has 0 rings (SSSR count). The average molecular weight is 256 g/mol. The fourth-order valence-corrected chi connectivity index (χ4v) is 2.62. The molecule has 0 saturated heterocycles. The first kappa shape index (κ1) is 17.9. The molecule has 0 aromatic rings. The quantitative estimate of drug-likeness (QED) is 0.603. The van der Waals surface area contributed by atoms with Crippen molar-refractivity contribution in [3.05, 3.63) is 0 Å². The topological polar surface area (TPSA) is 15.3 Å². The van der Waals surface area contributed by atoms with Gasteiger partial charge in [0, 0.05) is 25.2 Å². The normalized spacial score (nSPS) is 13.8. The van der Waals surface area contributed by atoms with Crippen LogP contribution in [0.2, 0.25) is 0 Å². The maximum atomic E-state index is 3.68. The van der Waals surface area contributed by atoms with Crippen LogP contribution in [0.3, 0.4) is 0 Å². The van der Waals surface area contributed by atoms with E-state index in [0.29, 0.717) is 6.04 Å².